The van der Waals surface area contributed by atoms with Crippen LogP contribution in [0.5, 0.6) is 0 Å². The standard InChI is InChI=1S/C18H14BrNO2/c1-2-18(22)20-15-10-7-14(8-11-15)17(21)12-9-13-5-3-4-6-16(13)19/h2-12H,1H2,(H,20,22)/b12-9+. The minimum absolute atomic E-state index is 0.0997. The van der Waals surface area contributed by atoms with Gasteiger partial charge in [0.2, 0.25) is 5.91 Å². The Morgan fingerprint density at radius 1 is 1.05 bits per heavy atom. The molecule has 0 atom stereocenters. The van der Waals surface area contributed by atoms with Gasteiger partial charge in [-0.15, -0.1) is 0 Å². The van der Waals surface area contributed by atoms with Crippen molar-refractivity contribution in [1.29, 1.82) is 0 Å². The fourth-order valence-corrected chi connectivity index (χ4v) is 2.20. The number of anilines is 1. The van der Waals surface area contributed by atoms with Crippen molar-refractivity contribution in [1.82, 2.24) is 0 Å². The van der Waals surface area contributed by atoms with Crippen molar-refractivity contribution in [3.63, 3.8) is 0 Å². The van der Waals surface area contributed by atoms with Crippen molar-refractivity contribution in [2.75, 3.05) is 5.32 Å². The molecule has 0 heterocycles. The number of halogens is 1. The highest BCUT2D eigenvalue weighted by Gasteiger charge is 2.03. The van der Waals surface area contributed by atoms with Crippen molar-refractivity contribution in [3.05, 3.63) is 82.9 Å². The molecule has 0 bridgehead atoms. The summed E-state index contributed by atoms with van der Waals surface area (Å²) in [6.07, 6.45) is 4.48. The van der Waals surface area contributed by atoms with Crippen LogP contribution >= 0.6 is 15.9 Å². The van der Waals surface area contributed by atoms with E-state index in [9.17, 15) is 9.59 Å². The van der Waals surface area contributed by atoms with Gasteiger partial charge in [-0.3, -0.25) is 9.59 Å². The molecule has 0 spiro atoms. The summed E-state index contributed by atoms with van der Waals surface area (Å²) in [6, 6.07) is 14.4. The Balaban J connectivity index is 2.08. The second kappa shape index (κ2) is 7.52. The molecule has 2 aromatic rings. The predicted molar refractivity (Wildman–Crippen MR) is 92.8 cm³/mol. The second-order valence-electron chi connectivity index (χ2n) is 4.49. The number of hydrogen-bond acceptors (Lipinski definition) is 2. The van der Waals surface area contributed by atoms with Crippen molar-refractivity contribution in [2.45, 2.75) is 0 Å². The molecule has 0 aliphatic heterocycles. The monoisotopic (exact) mass is 355 g/mol. The first-order valence-corrected chi connectivity index (χ1v) is 7.40. The molecular weight excluding hydrogens is 342 g/mol. The van der Waals surface area contributed by atoms with E-state index in [4.69, 9.17) is 0 Å². The summed E-state index contributed by atoms with van der Waals surface area (Å²) in [6.45, 7) is 3.38. The Morgan fingerprint density at radius 3 is 2.36 bits per heavy atom. The summed E-state index contributed by atoms with van der Waals surface area (Å²) in [4.78, 5) is 23.3. The number of nitrogens with one attached hydrogen (secondary N) is 1. The number of benzene rings is 2. The highest BCUT2D eigenvalue weighted by molar-refractivity contribution is 9.10. The maximum absolute atomic E-state index is 12.1. The molecule has 0 saturated carbocycles. The predicted octanol–water partition coefficient (Wildman–Crippen LogP) is 4.47. The molecule has 4 heteroatoms. The third kappa shape index (κ3) is 4.27. The molecule has 2 rings (SSSR count). The number of amides is 1. The number of carbonyl (C=O) groups excluding carboxylic acids is 2. The van der Waals surface area contributed by atoms with Gasteiger partial charge in [0.15, 0.2) is 5.78 Å². The largest absolute Gasteiger partial charge is 0.323 e. The Bertz CT molecular complexity index is 733. The minimum Gasteiger partial charge on any atom is -0.323 e. The first-order valence-electron chi connectivity index (χ1n) is 6.60. The molecule has 0 fully saturated rings. The summed E-state index contributed by atoms with van der Waals surface area (Å²) >= 11 is 3.43. The molecule has 22 heavy (non-hydrogen) atoms. The van der Waals surface area contributed by atoms with E-state index in [0.717, 1.165) is 10.0 Å². The van der Waals surface area contributed by atoms with Gasteiger partial charge in [0, 0.05) is 15.7 Å². The van der Waals surface area contributed by atoms with Crippen LogP contribution in [-0.2, 0) is 4.79 Å². The van der Waals surface area contributed by atoms with Crippen molar-refractivity contribution in [3.8, 4) is 0 Å². The average molecular weight is 356 g/mol. The Morgan fingerprint density at radius 2 is 1.73 bits per heavy atom. The van der Waals surface area contributed by atoms with Gasteiger partial charge in [-0.25, -0.2) is 0 Å². The highest BCUT2D eigenvalue weighted by atomic mass is 79.9. The van der Waals surface area contributed by atoms with E-state index in [2.05, 4.69) is 27.8 Å². The van der Waals surface area contributed by atoms with Crippen LogP contribution in [0.3, 0.4) is 0 Å². The summed E-state index contributed by atoms with van der Waals surface area (Å²) in [5.74, 6) is -0.384. The van der Waals surface area contributed by atoms with E-state index < -0.39 is 0 Å². The molecule has 0 aliphatic rings. The fraction of sp³-hybridized carbons (Fsp3) is 0. The van der Waals surface area contributed by atoms with Crippen LogP contribution in [0.2, 0.25) is 0 Å². The zero-order valence-corrected chi connectivity index (χ0v) is 13.3. The number of rotatable bonds is 5. The molecular formula is C18H14BrNO2. The molecule has 2 aromatic carbocycles. The first-order chi connectivity index (χ1) is 10.6. The van der Waals surface area contributed by atoms with Crippen molar-refractivity contribution in [2.24, 2.45) is 0 Å². The topological polar surface area (TPSA) is 46.2 Å². The van der Waals surface area contributed by atoms with Crippen LogP contribution in [0, 0.1) is 0 Å². The second-order valence-corrected chi connectivity index (χ2v) is 5.34. The maximum atomic E-state index is 12.1. The Labute approximate surface area is 137 Å². The van der Waals surface area contributed by atoms with Crippen LogP contribution in [0.1, 0.15) is 15.9 Å². The van der Waals surface area contributed by atoms with Crippen LogP contribution < -0.4 is 5.32 Å². The number of carbonyl (C=O) groups is 2. The number of ketones is 1. The summed E-state index contributed by atoms with van der Waals surface area (Å²) < 4.78 is 0.932. The van der Waals surface area contributed by atoms with E-state index in [1.165, 1.54) is 12.2 Å². The van der Waals surface area contributed by atoms with E-state index >= 15 is 0 Å². The fourth-order valence-electron chi connectivity index (χ4n) is 1.78. The van der Waals surface area contributed by atoms with Crippen molar-refractivity contribution >= 4 is 39.4 Å². The van der Waals surface area contributed by atoms with Crippen LogP contribution in [0.25, 0.3) is 6.08 Å². The lowest BCUT2D eigenvalue weighted by Crippen LogP contribution is -2.07. The molecule has 0 unspecified atom stereocenters. The van der Waals surface area contributed by atoms with Gasteiger partial charge in [-0.2, -0.15) is 0 Å². The lowest BCUT2D eigenvalue weighted by molar-refractivity contribution is -0.111. The third-order valence-corrected chi connectivity index (χ3v) is 3.66. The first kappa shape index (κ1) is 15.9. The van der Waals surface area contributed by atoms with E-state index in [0.29, 0.717) is 11.3 Å². The van der Waals surface area contributed by atoms with Gasteiger partial charge >= 0.3 is 0 Å². The summed E-state index contributed by atoms with van der Waals surface area (Å²) in [7, 11) is 0. The van der Waals surface area contributed by atoms with Crippen LogP contribution in [0.4, 0.5) is 5.69 Å². The normalized spacial score (nSPS) is 10.4. The number of hydrogen-bond donors (Lipinski definition) is 1. The molecule has 110 valence electrons. The quantitative estimate of drug-likeness (QED) is 0.635. The van der Waals surface area contributed by atoms with Gasteiger partial charge in [0.05, 0.1) is 0 Å². The lowest BCUT2D eigenvalue weighted by atomic mass is 10.1. The summed E-state index contributed by atoms with van der Waals surface area (Å²) in [5.41, 5.74) is 2.11. The van der Waals surface area contributed by atoms with E-state index in [1.807, 2.05) is 24.3 Å². The number of allylic oxidation sites excluding steroid dienone is 1. The molecule has 1 N–H and O–H groups in total. The summed E-state index contributed by atoms with van der Waals surface area (Å²) in [5, 5.41) is 2.63. The van der Waals surface area contributed by atoms with Crippen LogP contribution in [-0.4, -0.2) is 11.7 Å². The molecule has 3 nitrogen and oxygen atoms in total. The van der Waals surface area contributed by atoms with E-state index in [-0.39, 0.29) is 11.7 Å². The minimum atomic E-state index is -0.284. The lowest BCUT2D eigenvalue weighted by Gasteiger charge is -2.03. The highest BCUT2D eigenvalue weighted by Crippen LogP contribution is 2.18. The Hall–Kier alpha value is -2.46. The maximum Gasteiger partial charge on any atom is 0.247 e. The van der Waals surface area contributed by atoms with Gasteiger partial charge in [-0.05, 0) is 54.1 Å². The smallest absolute Gasteiger partial charge is 0.247 e. The Kier molecular flexibility index (Phi) is 5.44. The van der Waals surface area contributed by atoms with Crippen LogP contribution in [0.15, 0.2) is 71.7 Å². The molecule has 1 amide bonds. The van der Waals surface area contributed by atoms with Gasteiger partial charge in [-0.1, -0.05) is 40.7 Å². The zero-order chi connectivity index (χ0) is 15.9. The van der Waals surface area contributed by atoms with Crippen molar-refractivity contribution < 1.29 is 9.59 Å². The molecule has 0 aromatic heterocycles. The van der Waals surface area contributed by atoms with Gasteiger partial charge < -0.3 is 5.32 Å². The zero-order valence-electron chi connectivity index (χ0n) is 11.8. The molecule has 0 aliphatic carbocycles. The van der Waals surface area contributed by atoms with Gasteiger partial charge in [0.1, 0.15) is 0 Å². The third-order valence-electron chi connectivity index (χ3n) is 2.94. The van der Waals surface area contributed by atoms with E-state index in [1.54, 1.807) is 30.3 Å². The molecule has 0 saturated heterocycles. The SMILES string of the molecule is C=CC(=O)Nc1ccc(C(=O)/C=C/c2ccccc2Br)cc1. The molecule has 0 radical (unpaired) electrons. The van der Waals surface area contributed by atoms with Gasteiger partial charge in [0.25, 0.3) is 0 Å². The average Bonchev–Trinajstić information content (AvgIpc) is 2.54.